The van der Waals surface area contributed by atoms with Gasteiger partial charge in [0.05, 0.1) is 15.7 Å². The number of aldehydes is 1. The Balaban J connectivity index is 0.000000254. The van der Waals surface area contributed by atoms with E-state index in [1.54, 1.807) is 12.1 Å². The molecule has 11 heteroatoms. The van der Waals surface area contributed by atoms with Gasteiger partial charge in [-0.25, -0.2) is 9.97 Å². The van der Waals surface area contributed by atoms with Gasteiger partial charge < -0.3 is 5.11 Å². The summed E-state index contributed by atoms with van der Waals surface area (Å²) >= 11 is 17.0. The van der Waals surface area contributed by atoms with Crippen molar-refractivity contribution in [3.05, 3.63) is 54.9 Å². The highest BCUT2D eigenvalue weighted by atomic mass is 79.9. The van der Waals surface area contributed by atoms with Crippen molar-refractivity contribution in [2.24, 2.45) is 0 Å². The van der Waals surface area contributed by atoms with E-state index in [0.717, 1.165) is 0 Å². The van der Waals surface area contributed by atoms with Gasteiger partial charge in [-0.3, -0.25) is 4.79 Å². The fraction of sp³-hybridized carbons (Fsp3) is 0.154. The molecule has 0 aromatic carbocycles. The first-order valence-electron chi connectivity index (χ1n) is 5.90. The van der Waals surface area contributed by atoms with Gasteiger partial charge in [0.15, 0.2) is 12.4 Å². The average molecular weight is 511 g/mol. The van der Waals surface area contributed by atoms with Crippen molar-refractivity contribution in [2.45, 2.75) is 12.3 Å². The lowest BCUT2D eigenvalue weighted by atomic mass is 10.2. The van der Waals surface area contributed by atoms with Crippen LogP contribution in [-0.4, -0.2) is 27.5 Å². The molecule has 24 heavy (non-hydrogen) atoms. The lowest BCUT2D eigenvalue weighted by Crippen LogP contribution is -2.21. The number of pyridine rings is 2. The second-order valence-corrected chi connectivity index (χ2v) is 6.50. The molecule has 0 amide bonds. The fourth-order valence-corrected chi connectivity index (χ4v) is 2.30. The van der Waals surface area contributed by atoms with Crippen molar-refractivity contribution >= 4 is 61.3 Å². The van der Waals surface area contributed by atoms with E-state index in [9.17, 15) is 18.0 Å². The van der Waals surface area contributed by atoms with Crippen molar-refractivity contribution < 1.29 is 23.1 Å². The Morgan fingerprint density at radius 3 is 2.00 bits per heavy atom. The Hall–Kier alpha value is -0.740. The summed E-state index contributed by atoms with van der Waals surface area (Å²) in [7, 11) is 0. The first-order chi connectivity index (χ1) is 11.1. The summed E-state index contributed by atoms with van der Waals surface area (Å²) in [5, 5.41) is 9.02. The highest BCUT2D eigenvalue weighted by Gasteiger charge is 2.41. The number of aliphatic hydroxyl groups excluding tert-OH is 1. The van der Waals surface area contributed by atoms with E-state index in [4.69, 9.17) is 28.3 Å². The summed E-state index contributed by atoms with van der Waals surface area (Å²) in [5.41, 5.74) is -0.343. The van der Waals surface area contributed by atoms with E-state index in [0.29, 0.717) is 15.9 Å². The Kier molecular flexibility index (Phi) is 8.07. The van der Waals surface area contributed by atoms with Gasteiger partial charge in [0.2, 0.25) is 0 Å². The summed E-state index contributed by atoms with van der Waals surface area (Å²) in [5.74, 6) is 0. The van der Waals surface area contributed by atoms with Crippen LogP contribution in [-0.2, 0) is 0 Å². The van der Waals surface area contributed by atoms with Crippen LogP contribution in [0.3, 0.4) is 0 Å². The largest absolute Gasteiger partial charge is 0.420 e. The molecule has 0 saturated heterocycles. The molecule has 2 aromatic rings. The van der Waals surface area contributed by atoms with Crippen LogP contribution in [0.2, 0.25) is 10.0 Å². The molecular formula is C13H7Br2Cl2F3N2O2. The smallest absolute Gasteiger partial charge is 0.378 e. The first kappa shape index (κ1) is 21.3. The van der Waals surface area contributed by atoms with Crippen molar-refractivity contribution in [1.82, 2.24) is 9.97 Å². The van der Waals surface area contributed by atoms with Crippen LogP contribution in [0.1, 0.15) is 22.3 Å². The molecule has 1 atom stereocenters. The summed E-state index contributed by atoms with van der Waals surface area (Å²) in [4.78, 5) is 17.5. The number of carbonyl (C=O) groups is 1. The van der Waals surface area contributed by atoms with Gasteiger partial charge >= 0.3 is 6.18 Å². The number of hydrogen-bond acceptors (Lipinski definition) is 4. The third-order valence-corrected chi connectivity index (χ3v) is 3.88. The zero-order chi connectivity index (χ0) is 18.5. The van der Waals surface area contributed by atoms with Gasteiger partial charge in [-0.15, -0.1) is 0 Å². The van der Waals surface area contributed by atoms with Crippen LogP contribution in [0, 0.1) is 0 Å². The number of halogens is 7. The van der Waals surface area contributed by atoms with Crippen LogP contribution in [0.5, 0.6) is 0 Å². The minimum absolute atomic E-state index is 0.181. The second kappa shape index (κ2) is 9.10. The number of carbonyl (C=O) groups excluding carboxylic acids is 1. The predicted molar refractivity (Wildman–Crippen MR) is 90.3 cm³/mol. The number of aromatic nitrogens is 2. The molecule has 130 valence electrons. The Labute approximate surface area is 161 Å². The van der Waals surface area contributed by atoms with Gasteiger partial charge in [-0.2, -0.15) is 13.2 Å². The molecule has 1 N–H and O–H groups in total. The van der Waals surface area contributed by atoms with Crippen molar-refractivity contribution in [1.29, 1.82) is 0 Å². The lowest BCUT2D eigenvalue weighted by Gasteiger charge is -2.14. The van der Waals surface area contributed by atoms with Crippen molar-refractivity contribution in [3.63, 3.8) is 0 Å². The van der Waals surface area contributed by atoms with Crippen LogP contribution >= 0.6 is 55.1 Å². The summed E-state index contributed by atoms with van der Waals surface area (Å²) < 4.78 is 37.0. The van der Waals surface area contributed by atoms with E-state index in [-0.39, 0.29) is 15.3 Å². The van der Waals surface area contributed by atoms with E-state index in [1.165, 1.54) is 12.1 Å². The van der Waals surface area contributed by atoms with E-state index < -0.39 is 18.0 Å². The van der Waals surface area contributed by atoms with Gasteiger partial charge in [-0.05, 0) is 56.1 Å². The normalized spacial score (nSPS) is 12.2. The summed E-state index contributed by atoms with van der Waals surface area (Å²) in [6, 6.07) is 5.90. The number of rotatable bonds is 2. The third-order valence-electron chi connectivity index (χ3n) is 2.36. The Morgan fingerprint density at radius 1 is 1.04 bits per heavy atom. The standard InChI is InChI=1S/C7H4BrClF3NO.C6H3BrClNO/c8-4-2-1-3(9)5(13-4)6(14)7(10,11)12;7-6-2-1-4(8)5(3-10)9-6/h1-2,6,14H;1-3H. The maximum Gasteiger partial charge on any atom is 0.420 e. The molecule has 0 saturated carbocycles. The van der Waals surface area contributed by atoms with Crippen LogP contribution in [0.25, 0.3) is 0 Å². The minimum Gasteiger partial charge on any atom is -0.378 e. The zero-order valence-electron chi connectivity index (χ0n) is 11.4. The number of aliphatic hydroxyl groups is 1. The highest BCUT2D eigenvalue weighted by molar-refractivity contribution is 9.10. The topological polar surface area (TPSA) is 63.1 Å². The molecule has 0 radical (unpaired) electrons. The number of alkyl halides is 3. The Bertz CT molecular complexity index is 733. The maximum atomic E-state index is 12.1. The third kappa shape index (κ3) is 6.29. The molecular weight excluding hydrogens is 504 g/mol. The molecule has 2 aromatic heterocycles. The van der Waals surface area contributed by atoms with Gasteiger partial charge in [-0.1, -0.05) is 23.2 Å². The van der Waals surface area contributed by atoms with Gasteiger partial charge in [0.1, 0.15) is 14.9 Å². The van der Waals surface area contributed by atoms with E-state index in [1.807, 2.05) is 0 Å². The van der Waals surface area contributed by atoms with Gasteiger partial charge in [0.25, 0.3) is 0 Å². The predicted octanol–water partition coefficient (Wildman–Crippen LogP) is 5.40. The molecule has 4 nitrogen and oxygen atoms in total. The van der Waals surface area contributed by atoms with Crippen LogP contribution < -0.4 is 0 Å². The molecule has 2 heterocycles. The van der Waals surface area contributed by atoms with Crippen LogP contribution in [0.4, 0.5) is 13.2 Å². The lowest BCUT2D eigenvalue weighted by molar-refractivity contribution is -0.207. The molecule has 0 aliphatic heterocycles. The van der Waals surface area contributed by atoms with Crippen molar-refractivity contribution in [3.8, 4) is 0 Å². The summed E-state index contributed by atoms with van der Waals surface area (Å²) in [6.07, 6.45) is -6.81. The minimum atomic E-state index is -4.77. The molecule has 0 aliphatic carbocycles. The number of hydrogen-bond donors (Lipinski definition) is 1. The molecule has 0 bridgehead atoms. The monoisotopic (exact) mass is 508 g/mol. The quantitative estimate of drug-likeness (QED) is 0.434. The molecule has 0 fully saturated rings. The van der Waals surface area contributed by atoms with E-state index >= 15 is 0 Å². The fourth-order valence-electron chi connectivity index (χ4n) is 1.30. The first-order valence-corrected chi connectivity index (χ1v) is 8.24. The van der Waals surface area contributed by atoms with Crippen LogP contribution in [0.15, 0.2) is 33.5 Å². The number of nitrogens with zero attached hydrogens (tertiary/aromatic N) is 2. The highest BCUT2D eigenvalue weighted by Crippen LogP contribution is 2.35. The summed E-state index contributed by atoms with van der Waals surface area (Å²) in [6.45, 7) is 0. The zero-order valence-corrected chi connectivity index (χ0v) is 16.0. The second-order valence-electron chi connectivity index (χ2n) is 4.06. The molecule has 0 aliphatic rings. The average Bonchev–Trinajstić information content (AvgIpc) is 2.51. The van der Waals surface area contributed by atoms with E-state index in [2.05, 4.69) is 41.8 Å². The maximum absolute atomic E-state index is 12.1. The SMILES string of the molecule is O=Cc1nc(Br)ccc1Cl.OC(c1nc(Br)ccc1Cl)C(F)(F)F. The van der Waals surface area contributed by atoms with Crippen molar-refractivity contribution in [2.75, 3.05) is 0 Å². The molecule has 2 rings (SSSR count). The molecule has 1 unspecified atom stereocenters. The Morgan fingerprint density at radius 2 is 1.54 bits per heavy atom. The molecule has 0 spiro atoms. The van der Waals surface area contributed by atoms with Gasteiger partial charge in [0, 0.05) is 0 Å².